The molecule has 3 rings (SSSR count). The summed E-state index contributed by atoms with van der Waals surface area (Å²) in [6.45, 7) is 7.31. The number of benzene rings is 1. The van der Waals surface area contributed by atoms with E-state index >= 15 is 0 Å². The summed E-state index contributed by atoms with van der Waals surface area (Å²) in [6.07, 6.45) is 3.52. The fourth-order valence-corrected chi connectivity index (χ4v) is 4.52. The highest BCUT2D eigenvalue weighted by Crippen LogP contribution is 2.27. The van der Waals surface area contributed by atoms with Gasteiger partial charge in [0.15, 0.2) is 11.0 Å². The van der Waals surface area contributed by atoms with Crippen molar-refractivity contribution in [2.24, 2.45) is 0 Å². The number of aromatic nitrogens is 4. The first-order valence-corrected chi connectivity index (χ1v) is 10.6. The molecule has 2 heterocycles. The highest BCUT2D eigenvalue weighted by atomic mass is 32.2. The topological polar surface area (TPSA) is 43.6 Å². The highest BCUT2D eigenvalue weighted by Gasteiger charge is 2.14. The van der Waals surface area contributed by atoms with Crippen molar-refractivity contribution in [1.82, 2.24) is 19.7 Å². The summed E-state index contributed by atoms with van der Waals surface area (Å²) < 4.78 is 2.18. The van der Waals surface area contributed by atoms with Crippen LogP contribution in [0.15, 0.2) is 34.8 Å². The van der Waals surface area contributed by atoms with Crippen LogP contribution in [0.2, 0.25) is 0 Å². The Morgan fingerprint density at radius 1 is 1.20 bits per heavy atom. The van der Waals surface area contributed by atoms with Crippen LogP contribution in [0.3, 0.4) is 0 Å². The van der Waals surface area contributed by atoms with Crippen molar-refractivity contribution >= 4 is 23.1 Å². The summed E-state index contributed by atoms with van der Waals surface area (Å²) in [7, 11) is 0. The van der Waals surface area contributed by atoms with Gasteiger partial charge in [0.25, 0.3) is 0 Å². The molecule has 0 unspecified atom stereocenters. The molecule has 6 heteroatoms. The fourth-order valence-electron chi connectivity index (χ4n) is 2.67. The molecule has 0 saturated heterocycles. The molecule has 2 aromatic heterocycles. The first kappa shape index (κ1) is 18.1. The third-order valence-corrected chi connectivity index (χ3v) is 5.96. The van der Waals surface area contributed by atoms with Crippen molar-refractivity contribution in [2.45, 2.75) is 57.5 Å². The number of thiazole rings is 1. The fraction of sp³-hybridized carbons (Fsp3) is 0.421. The maximum Gasteiger partial charge on any atom is 0.191 e. The standard InChI is InChI=1S/C19H24N4S2/c1-4-6-10-17-20-16(12-24-17)13-25-19-22-21-18(23(19)5-2)15-9-7-8-14(3)11-15/h7-9,11-12H,4-6,10,13H2,1-3H3. The van der Waals surface area contributed by atoms with E-state index in [0.29, 0.717) is 0 Å². The first-order chi connectivity index (χ1) is 12.2. The SMILES string of the molecule is CCCCc1nc(CSc2nnc(-c3cccc(C)c3)n2CC)cs1. The summed E-state index contributed by atoms with van der Waals surface area (Å²) in [5.41, 5.74) is 3.50. The third-order valence-electron chi connectivity index (χ3n) is 4.00. The van der Waals surface area contributed by atoms with Crippen LogP contribution in [0.1, 0.15) is 43.0 Å². The van der Waals surface area contributed by atoms with Crippen LogP contribution < -0.4 is 0 Å². The van der Waals surface area contributed by atoms with Gasteiger partial charge in [-0.25, -0.2) is 4.98 Å². The Morgan fingerprint density at radius 3 is 2.84 bits per heavy atom. The summed E-state index contributed by atoms with van der Waals surface area (Å²) in [5, 5.41) is 13.2. The van der Waals surface area contributed by atoms with Crippen LogP contribution in [0.4, 0.5) is 0 Å². The van der Waals surface area contributed by atoms with Crippen molar-refractivity contribution in [2.75, 3.05) is 0 Å². The molecule has 0 spiro atoms. The molecule has 25 heavy (non-hydrogen) atoms. The van der Waals surface area contributed by atoms with Gasteiger partial charge in [0.2, 0.25) is 0 Å². The van der Waals surface area contributed by atoms with Crippen molar-refractivity contribution in [1.29, 1.82) is 0 Å². The molecule has 0 aliphatic carbocycles. The largest absolute Gasteiger partial charge is 0.302 e. The van der Waals surface area contributed by atoms with Gasteiger partial charge in [-0.3, -0.25) is 0 Å². The average molecular weight is 373 g/mol. The maximum atomic E-state index is 4.74. The predicted octanol–water partition coefficient (Wildman–Crippen LogP) is 5.36. The van der Waals surface area contributed by atoms with Gasteiger partial charge in [-0.2, -0.15) is 0 Å². The molecule has 3 aromatic rings. The van der Waals surface area contributed by atoms with E-state index in [1.54, 1.807) is 23.1 Å². The van der Waals surface area contributed by atoms with Crippen molar-refractivity contribution < 1.29 is 0 Å². The Labute approximate surface area is 157 Å². The van der Waals surface area contributed by atoms with E-state index in [4.69, 9.17) is 4.98 Å². The van der Waals surface area contributed by atoms with Crippen LogP contribution in [0, 0.1) is 6.92 Å². The lowest BCUT2D eigenvalue weighted by Gasteiger charge is -2.07. The summed E-state index contributed by atoms with van der Waals surface area (Å²) in [5.74, 6) is 1.78. The molecule has 0 fully saturated rings. The van der Waals surface area contributed by atoms with Crippen LogP contribution in [0.5, 0.6) is 0 Å². The van der Waals surface area contributed by atoms with E-state index in [-0.39, 0.29) is 0 Å². The number of unbranched alkanes of at least 4 members (excludes halogenated alkanes) is 1. The minimum atomic E-state index is 0.842. The molecule has 132 valence electrons. The smallest absolute Gasteiger partial charge is 0.191 e. The molecule has 1 aromatic carbocycles. The molecule has 0 bridgehead atoms. The Bertz CT molecular complexity index is 822. The van der Waals surface area contributed by atoms with E-state index in [9.17, 15) is 0 Å². The van der Waals surface area contributed by atoms with E-state index < -0.39 is 0 Å². The second kappa shape index (κ2) is 8.63. The van der Waals surface area contributed by atoms with Crippen molar-refractivity contribution in [3.8, 4) is 11.4 Å². The van der Waals surface area contributed by atoms with Gasteiger partial charge in [-0.15, -0.1) is 21.5 Å². The number of nitrogens with zero attached hydrogens (tertiary/aromatic N) is 4. The average Bonchev–Trinajstić information content (AvgIpc) is 3.24. The van der Waals surface area contributed by atoms with Crippen molar-refractivity contribution in [3.05, 3.63) is 45.9 Å². The Hall–Kier alpha value is -1.66. The van der Waals surface area contributed by atoms with Crippen LogP contribution >= 0.6 is 23.1 Å². The predicted molar refractivity (Wildman–Crippen MR) is 106 cm³/mol. The van der Waals surface area contributed by atoms with E-state index in [2.05, 4.69) is 65.2 Å². The van der Waals surface area contributed by atoms with Gasteiger partial charge in [-0.1, -0.05) is 48.9 Å². The summed E-state index contributed by atoms with van der Waals surface area (Å²) >= 11 is 3.49. The monoisotopic (exact) mass is 372 g/mol. The molecule has 0 saturated carbocycles. The molecule has 0 aliphatic heterocycles. The third kappa shape index (κ3) is 4.50. The summed E-state index contributed by atoms with van der Waals surface area (Å²) in [4.78, 5) is 4.74. The number of thioether (sulfide) groups is 1. The maximum absolute atomic E-state index is 4.74. The van der Waals surface area contributed by atoms with Gasteiger partial charge in [0.05, 0.1) is 10.7 Å². The molecule has 4 nitrogen and oxygen atoms in total. The first-order valence-electron chi connectivity index (χ1n) is 8.77. The van der Waals surface area contributed by atoms with Gasteiger partial charge >= 0.3 is 0 Å². The summed E-state index contributed by atoms with van der Waals surface area (Å²) in [6, 6.07) is 8.42. The number of hydrogen-bond acceptors (Lipinski definition) is 5. The second-order valence-corrected chi connectivity index (χ2v) is 7.93. The van der Waals surface area contributed by atoms with Crippen LogP contribution in [-0.2, 0) is 18.7 Å². The van der Waals surface area contributed by atoms with Gasteiger partial charge < -0.3 is 4.57 Å². The quantitative estimate of drug-likeness (QED) is 0.499. The zero-order valence-electron chi connectivity index (χ0n) is 15.0. The lowest BCUT2D eigenvalue weighted by Crippen LogP contribution is -2.00. The number of hydrogen-bond donors (Lipinski definition) is 0. The number of aryl methyl sites for hydroxylation is 2. The lowest BCUT2D eigenvalue weighted by atomic mass is 10.1. The zero-order valence-corrected chi connectivity index (χ0v) is 16.7. The van der Waals surface area contributed by atoms with E-state index in [1.807, 2.05) is 0 Å². The molecule has 0 radical (unpaired) electrons. The van der Waals surface area contributed by atoms with E-state index in [1.165, 1.54) is 23.4 Å². The molecular weight excluding hydrogens is 348 g/mol. The lowest BCUT2D eigenvalue weighted by molar-refractivity contribution is 0.687. The van der Waals surface area contributed by atoms with Crippen LogP contribution in [0.25, 0.3) is 11.4 Å². The van der Waals surface area contributed by atoms with Gasteiger partial charge in [0.1, 0.15) is 0 Å². The molecule has 0 N–H and O–H groups in total. The zero-order chi connectivity index (χ0) is 17.6. The Morgan fingerprint density at radius 2 is 2.08 bits per heavy atom. The van der Waals surface area contributed by atoms with E-state index in [0.717, 1.165) is 41.0 Å². The highest BCUT2D eigenvalue weighted by molar-refractivity contribution is 7.98. The van der Waals surface area contributed by atoms with Crippen LogP contribution in [-0.4, -0.2) is 19.7 Å². The molecule has 0 atom stereocenters. The second-order valence-electron chi connectivity index (χ2n) is 6.04. The number of rotatable bonds is 8. The minimum Gasteiger partial charge on any atom is -0.302 e. The normalized spacial score (nSPS) is 11.2. The molecular formula is C19H24N4S2. The molecule has 0 amide bonds. The van der Waals surface area contributed by atoms with Gasteiger partial charge in [0, 0.05) is 23.2 Å². The molecule has 0 aliphatic rings. The Kier molecular flexibility index (Phi) is 6.26. The van der Waals surface area contributed by atoms with Crippen molar-refractivity contribution in [3.63, 3.8) is 0 Å². The minimum absolute atomic E-state index is 0.842. The Balaban J connectivity index is 1.72. The van der Waals surface area contributed by atoms with Gasteiger partial charge in [-0.05, 0) is 32.8 Å².